The van der Waals surface area contributed by atoms with E-state index in [-0.39, 0.29) is 11.7 Å². The van der Waals surface area contributed by atoms with Crippen LogP contribution in [0.1, 0.15) is 0 Å². The highest BCUT2D eigenvalue weighted by Crippen LogP contribution is 2.28. The number of nitrogens with zero attached hydrogens (tertiary/aromatic N) is 2. The van der Waals surface area contributed by atoms with Crippen molar-refractivity contribution in [2.75, 3.05) is 18.2 Å². The van der Waals surface area contributed by atoms with Crippen molar-refractivity contribution in [3.63, 3.8) is 0 Å². The molecule has 0 aliphatic rings. The second kappa shape index (κ2) is 9.08. The van der Waals surface area contributed by atoms with Gasteiger partial charge in [-0.2, -0.15) is 0 Å². The number of halogens is 2. The first kappa shape index (κ1) is 19.5. The normalized spacial score (nSPS) is 10.5. The molecule has 1 N–H and O–H groups in total. The van der Waals surface area contributed by atoms with Crippen molar-refractivity contribution in [2.24, 2.45) is 0 Å². The van der Waals surface area contributed by atoms with Crippen LogP contribution in [0.15, 0.2) is 59.6 Å². The third-order valence-corrected chi connectivity index (χ3v) is 4.97. The zero-order valence-electron chi connectivity index (χ0n) is 14.3. The Labute approximate surface area is 171 Å². The smallest absolute Gasteiger partial charge is 0.234 e. The molecule has 0 saturated carbocycles. The van der Waals surface area contributed by atoms with E-state index < -0.39 is 0 Å². The Bertz CT molecular complexity index is 935. The zero-order valence-corrected chi connectivity index (χ0v) is 16.6. The van der Waals surface area contributed by atoms with Crippen LogP contribution in [-0.4, -0.2) is 29.0 Å². The Balaban J connectivity index is 1.59. The predicted octanol–water partition coefficient (Wildman–Crippen LogP) is 5.19. The van der Waals surface area contributed by atoms with Crippen LogP contribution in [0.3, 0.4) is 0 Å². The fraction of sp³-hybridized carbons (Fsp3) is 0.105. The SMILES string of the molecule is COc1ccc(Cl)cc1NC(=O)CSc1ccc(-c2ccc(Cl)cc2)nn1. The van der Waals surface area contributed by atoms with Crippen molar-refractivity contribution < 1.29 is 9.53 Å². The minimum Gasteiger partial charge on any atom is -0.495 e. The van der Waals surface area contributed by atoms with Gasteiger partial charge in [-0.3, -0.25) is 4.79 Å². The van der Waals surface area contributed by atoms with Gasteiger partial charge in [0, 0.05) is 15.6 Å². The number of hydrogen-bond donors (Lipinski definition) is 1. The summed E-state index contributed by atoms with van der Waals surface area (Å²) >= 11 is 13.1. The monoisotopic (exact) mass is 419 g/mol. The van der Waals surface area contributed by atoms with Gasteiger partial charge in [-0.25, -0.2) is 0 Å². The van der Waals surface area contributed by atoms with Gasteiger partial charge in [0.05, 0.1) is 24.2 Å². The summed E-state index contributed by atoms with van der Waals surface area (Å²) in [6.07, 6.45) is 0. The quantitative estimate of drug-likeness (QED) is 0.556. The number of hydrogen-bond acceptors (Lipinski definition) is 5. The second-order valence-electron chi connectivity index (χ2n) is 5.45. The highest BCUT2D eigenvalue weighted by molar-refractivity contribution is 7.99. The lowest BCUT2D eigenvalue weighted by atomic mass is 10.1. The molecule has 0 spiro atoms. The molecule has 1 heterocycles. The minimum absolute atomic E-state index is 0.185. The number of anilines is 1. The van der Waals surface area contributed by atoms with Gasteiger partial charge in [0.2, 0.25) is 5.91 Å². The summed E-state index contributed by atoms with van der Waals surface area (Å²) in [5.41, 5.74) is 2.19. The van der Waals surface area contributed by atoms with Crippen LogP contribution in [0.5, 0.6) is 5.75 Å². The van der Waals surface area contributed by atoms with Crippen LogP contribution in [0.25, 0.3) is 11.3 Å². The van der Waals surface area contributed by atoms with Gasteiger partial charge < -0.3 is 10.1 Å². The average Bonchev–Trinajstić information content (AvgIpc) is 2.68. The van der Waals surface area contributed by atoms with E-state index in [9.17, 15) is 4.79 Å². The highest BCUT2D eigenvalue weighted by Gasteiger charge is 2.10. The number of carbonyl (C=O) groups excluding carboxylic acids is 1. The number of ether oxygens (including phenoxy) is 1. The molecule has 0 radical (unpaired) electrons. The predicted molar refractivity (Wildman–Crippen MR) is 110 cm³/mol. The maximum atomic E-state index is 12.2. The molecule has 5 nitrogen and oxygen atoms in total. The van der Waals surface area contributed by atoms with Crippen molar-refractivity contribution in [3.8, 4) is 17.0 Å². The number of amides is 1. The van der Waals surface area contributed by atoms with E-state index in [0.717, 1.165) is 11.3 Å². The van der Waals surface area contributed by atoms with Crippen molar-refractivity contribution >= 4 is 46.6 Å². The molecule has 1 amide bonds. The van der Waals surface area contributed by atoms with E-state index in [1.807, 2.05) is 24.3 Å². The maximum Gasteiger partial charge on any atom is 0.234 e. The van der Waals surface area contributed by atoms with E-state index in [1.54, 1.807) is 30.3 Å². The third kappa shape index (κ3) is 5.35. The van der Waals surface area contributed by atoms with Crippen molar-refractivity contribution in [1.29, 1.82) is 0 Å². The van der Waals surface area contributed by atoms with Crippen molar-refractivity contribution in [3.05, 3.63) is 64.6 Å². The van der Waals surface area contributed by atoms with E-state index in [1.165, 1.54) is 18.9 Å². The Morgan fingerprint density at radius 1 is 1.04 bits per heavy atom. The van der Waals surface area contributed by atoms with E-state index in [0.29, 0.717) is 26.5 Å². The molecule has 8 heteroatoms. The lowest BCUT2D eigenvalue weighted by Crippen LogP contribution is -2.14. The van der Waals surface area contributed by atoms with Crippen LogP contribution >= 0.6 is 35.0 Å². The van der Waals surface area contributed by atoms with Crippen LogP contribution in [-0.2, 0) is 4.79 Å². The number of rotatable bonds is 6. The van der Waals surface area contributed by atoms with Crippen LogP contribution < -0.4 is 10.1 Å². The second-order valence-corrected chi connectivity index (χ2v) is 7.31. The van der Waals surface area contributed by atoms with Gasteiger partial charge >= 0.3 is 0 Å². The first-order valence-electron chi connectivity index (χ1n) is 7.91. The molecule has 0 saturated heterocycles. The Kier molecular flexibility index (Phi) is 6.55. The third-order valence-electron chi connectivity index (χ3n) is 3.57. The topological polar surface area (TPSA) is 64.1 Å². The van der Waals surface area contributed by atoms with Gasteiger partial charge in [-0.15, -0.1) is 10.2 Å². The molecule has 0 aliphatic carbocycles. The Morgan fingerprint density at radius 2 is 1.78 bits per heavy atom. The minimum atomic E-state index is -0.191. The van der Waals surface area contributed by atoms with Gasteiger partial charge in [0.15, 0.2) is 0 Å². The summed E-state index contributed by atoms with van der Waals surface area (Å²) in [6.45, 7) is 0. The molecule has 0 unspecified atom stereocenters. The average molecular weight is 420 g/mol. The molecule has 0 bridgehead atoms. The number of thioether (sulfide) groups is 1. The number of benzene rings is 2. The van der Waals surface area contributed by atoms with Crippen molar-refractivity contribution in [1.82, 2.24) is 10.2 Å². The molecule has 0 aliphatic heterocycles. The van der Waals surface area contributed by atoms with Crippen LogP contribution in [0, 0.1) is 0 Å². The summed E-state index contributed by atoms with van der Waals surface area (Å²) < 4.78 is 5.22. The van der Waals surface area contributed by atoms with E-state index in [2.05, 4.69) is 15.5 Å². The summed E-state index contributed by atoms with van der Waals surface area (Å²) in [7, 11) is 1.53. The molecule has 3 rings (SSSR count). The highest BCUT2D eigenvalue weighted by atomic mass is 35.5. The summed E-state index contributed by atoms with van der Waals surface area (Å²) in [6, 6.07) is 16.1. The van der Waals surface area contributed by atoms with Gasteiger partial charge in [0.1, 0.15) is 10.8 Å². The van der Waals surface area contributed by atoms with Gasteiger partial charge in [-0.05, 0) is 42.5 Å². The van der Waals surface area contributed by atoms with E-state index >= 15 is 0 Å². The van der Waals surface area contributed by atoms with Crippen LogP contribution in [0.4, 0.5) is 5.69 Å². The summed E-state index contributed by atoms with van der Waals surface area (Å²) in [5, 5.41) is 13.0. The van der Waals surface area contributed by atoms with Gasteiger partial charge in [0.25, 0.3) is 0 Å². The molecule has 0 fully saturated rings. The number of carbonyl (C=O) groups is 1. The van der Waals surface area contributed by atoms with Crippen molar-refractivity contribution in [2.45, 2.75) is 5.03 Å². The molecule has 2 aromatic carbocycles. The van der Waals surface area contributed by atoms with Gasteiger partial charge in [-0.1, -0.05) is 47.1 Å². The first-order valence-corrected chi connectivity index (χ1v) is 9.65. The number of aromatic nitrogens is 2. The molecular weight excluding hydrogens is 405 g/mol. The zero-order chi connectivity index (χ0) is 19.2. The molecular formula is C19H15Cl2N3O2S. The largest absolute Gasteiger partial charge is 0.495 e. The lowest BCUT2D eigenvalue weighted by molar-refractivity contribution is -0.113. The molecule has 138 valence electrons. The molecule has 3 aromatic rings. The fourth-order valence-corrected chi connectivity index (χ4v) is 3.19. The van der Waals surface area contributed by atoms with Crippen LogP contribution in [0.2, 0.25) is 10.0 Å². The fourth-order valence-electron chi connectivity index (χ4n) is 2.28. The maximum absolute atomic E-state index is 12.2. The number of methoxy groups -OCH3 is 1. The standard InChI is InChI=1S/C19H15Cl2N3O2S/c1-26-17-8-6-14(21)10-16(17)22-18(25)11-27-19-9-7-15(23-24-19)12-2-4-13(20)5-3-12/h2-10H,11H2,1H3,(H,22,25). The Hall–Kier alpha value is -2.28. The summed E-state index contributed by atoms with van der Waals surface area (Å²) in [5.74, 6) is 0.541. The molecule has 27 heavy (non-hydrogen) atoms. The number of nitrogens with one attached hydrogen (secondary N) is 1. The molecule has 1 aromatic heterocycles. The summed E-state index contributed by atoms with van der Waals surface area (Å²) in [4.78, 5) is 12.2. The lowest BCUT2D eigenvalue weighted by Gasteiger charge is -2.10. The first-order chi connectivity index (χ1) is 13.0. The Morgan fingerprint density at radius 3 is 2.44 bits per heavy atom. The van der Waals surface area contributed by atoms with E-state index in [4.69, 9.17) is 27.9 Å². The molecule has 0 atom stereocenters.